The molecule has 1 N–H and O–H groups in total. The molecule has 23 heavy (non-hydrogen) atoms. The fourth-order valence-electron chi connectivity index (χ4n) is 3.03. The summed E-state index contributed by atoms with van der Waals surface area (Å²) in [5.41, 5.74) is 0. The minimum atomic E-state index is 0.133. The maximum atomic E-state index is 11.8. The molecule has 0 aromatic heterocycles. The van der Waals surface area contributed by atoms with Crippen LogP contribution in [-0.2, 0) is 4.79 Å². The highest BCUT2D eigenvalue weighted by atomic mass is 16.5. The van der Waals surface area contributed by atoms with Gasteiger partial charge < -0.3 is 15.0 Å². The van der Waals surface area contributed by atoms with Crippen LogP contribution in [0.1, 0.15) is 45.4 Å². The van der Waals surface area contributed by atoms with Crippen LogP contribution in [0.2, 0.25) is 0 Å². The highest BCUT2D eigenvalue weighted by molar-refractivity contribution is 5.75. The second-order valence-electron chi connectivity index (χ2n) is 6.35. The van der Waals surface area contributed by atoms with Crippen LogP contribution in [-0.4, -0.2) is 43.1 Å². The van der Waals surface area contributed by atoms with Gasteiger partial charge in [-0.15, -0.1) is 0 Å². The lowest BCUT2D eigenvalue weighted by Crippen LogP contribution is -2.39. The van der Waals surface area contributed by atoms with Gasteiger partial charge in [0.2, 0.25) is 5.91 Å². The number of para-hydroxylation sites is 1. The Balaban J connectivity index is 1.47. The van der Waals surface area contributed by atoms with Gasteiger partial charge in [-0.3, -0.25) is 4.79 Å². The van der Waals surface area contributed by atoms with Crippen molar-refractivity contribution in [3.63, 3.8) is 0 Å². The van der Waals surface area contributed by atoms with Gasteiger partial charge in [0.25, 0.3) is 0 Å². The molecule has 1 aliphatic heterocycles. The van der Waals surface area contributed by atoms with E-state index in [-0.39, 0.29) is 5.91 Å². The number of hydrogen-bond donors (Lipinski definition) is 1. The van der Waals surface area contributed by atoms with Gasteiger partial charge in [-0.25, -0.2) is 0 Å². The predicted molar refractivity (Wildman–Crippen MR) is 93.7 cm³/mol. The Morgan fingerprint density at radius 3 is 2.87 bits per heavy atom. The molecule has 1 aliphatic rings. The zero-order chi connectivity index (χ0) is 16.3. The lowest BCUT2D eigenvalue weighted by atomic mass is 10.0. The van der Waals surface area contributed by atoms with Crippen molar-refractivity contribution in [2.24, 2.45) is 0 Å². The van der Waals surface area contributed by atoms with Crippen LogP contribution in [0.4, 0.5) is 0 Å². The standard InChI is InChI=1S/C19H30N2O2/c1-17-9-5-6-14-21(17)15-8-13-20-19(22)12-7-16-23-18-10-3-2-4-11-18/h2-4,10-11,17H,5-9,12-16H2,1H3,(H,20,22). The molecule has 1 aromatic carbocycles. The maximum Gasteiger partial charge on any atom is 0.220 e. The van der Waals surface area contributed by atoms with Crippen LogP contribution >= 0.6 is 0 Å². The second kappa shape index (κ2) is 10.3. The Bertz CT molecular complexity index is 450. The SMILES string of the molecule is CC1CCCCN1CCCNC(=O)CCCOc1ccccc1. The van der Waals surface area contributed by atoms with Crippen molar-refractivity contribution in [1.29, 1.82) is 0 Å². The van der Waals surface area contributed by atoms with Gasteiger partial charge in [0, 0.05) is 25.6 Å². The van der Waals surface area contributed by atoms with Crippen molar-refractivity contribution in [3.05, 3.63) is 30.3 Å². The zero-order valence-corrected chi connectivity index (χ0v) is 14.3. The summed E-state index contributed by atoms with van der Waals surface area (Å²) in [6.07, 6.45) is 6.32. The fraction of sp³-hybridized carbons (Fsp3) is 0.632. The number of likely N-dealkylation sites (tertiary alicyclic amines) is 1. The first kappa shape index (κ1) is 17.8. The number of carbonyl (C=O) groups is 1. The molecular weight excluding hydrogens is 288 g/mol. The largest absolute Gasteiger partial charge is 0.494 e. The van der Waals surface area contributed by atoms with E-state index in [1.165, 1.54) is 25.8 Å². The number of rotatable bonds is 9. The molecule has 0 aliphatic carbocycles. The van der Waals surface area contributed by atoms with E-state index in [0.29, 0.717) is 19.1 Å². The molecule has 1 unspecified atom stereocenters. The first-order valence-corrected chi connectivity index (χ1v) is 8.94. The lowest BCUT2D eigenvalue weighted by Gasteiger charge is -2.33. The van der Waals surface area contributed by atoms with Crippen molar-refractivity contribution >= 4 is 5.91 Å². The van der Waals surface area contributed by atoms with Crippen LogP contribution in [0.3, 0.4) is 0 Å². The van der Waals surface area contributed by atoms with Gasteiger partial charge in [0.05, 0.1) is 6.61 Å². The molecule has 1 aromatic rings. The van der Waals surface area contributed by atoms with Gasteiger partial charge in [0.1, 0.15) is 5.75 Å². The third-order valence-corrected chi connectivity index (χ3v) is 4.44. The number of amides is 1. The molecule has 4 heteroatoms. The summed E-state index contributed by atoms with van der Waals surface area (Å²) in [6, 6.07) is 10.4. The first-order valence-electron chi connectivity index (χ1n) is 8.94. The van der Waals surface area contributed by atoms with E-state index in [2.05, 4.69) is 17.1 Å². The summed E-state index contributed by atoms with van der Waals surface area (Å²) < 4.78 is 5.59. The van der Waals surface area contributed by atoms with E-state index < -0.39 is 0 Å². The number of piperidine rings is 1. The highest BCUT2D eigenvalue weighted by Crippen LogP contribution is 2.16. The first-order chi connectivity index (χ1) is 11.3. The number of benzene rings is 1. The predicted octanol–water partition coefficient (Wildman–Crippen LogP) is 3.23. The van der Waals surface area contributed by atoms with Gasteiger partial charge in [-0.2, -0.15) is 0 Å². The Hall–Kier alpha value is -1.55. The van der Waals surface area contributed by atoms with E-state index in [4.69, 9.17) is 4.74 Å². The zero-order valence-electron chi connectivity index (χ0n) is 14.3. The van der Waals surface area contributed by atoms with Crippen LogP contribution in [0, 0.1) is 0 Å². The summed E-state index contributed by atoms with van der Waals surface area (Å²) in [5, 5.41) is 3.01. The maximum absolute atomic E-state index is 11.8. The number of carbonyl (C=O) groups excluding carboxylic acids is 1. The van der Waals surface area contributed by atoms with Crippen molar-refractivity contribution in [2.45, 2.75) is 51.5 Å². The lowest BCUT2D eigenvalue weighted by molar-refractivity contribution is -0.121. The van der Waals surface area contributed by atoms with Crippen molar-refractivity contribution in [2.75, 3.05) is 26.2 Å². The molecule has 1 saturated heterocycles. The average molecular weight is 318 g/mol. The van der Waals surface area contributed by atoms with Crippen molar-refractivity contribution < 1.29 is 9.53 Å². The molecule has 1 heterocycles. The number of nitrogens with zero attached hydrogens (tertiary/aromatic N) is 1. The third-order valence-electron chi connectivity index (χ3n) is 4.44. The molecule has 2 rings (SSSR count). The summed E-state index contributed by atoms with van der Waals surface area (Å²) in [5.74, 6) is 0.997. The Morgan fingerprint density at radius 2 is 2.09 bits per heavy atom. The fourth-order valence-corrected chi connectivity index (χ4v) is 3.03. The van der Waals surface area contributed by atoms with E-state index in [0.717, 1.165) is 31.7 Å². The third kappa shape index (κ3) is 7.04. The average Bonchev–Trinajstić information content (AvgIpc) is 2.58. The van der Waals surface area contributed by atoms with E-state index in [1.54, 1.807) is 0 Å². The molecule has 128 valence electrons. The molecule has 0 bridgehead atoms. The van der Waals surface area contributed by atoms with Crippen LogP contribution in [0.15, 0.2) is 30.3 Å². The summed E-state index contributed by atoms with van der Waals surface area (Å²) in [4.78, 5) is 14.3. The molecule has 4 nitrogen and oxygen atoms in total. The summed E-state index contributed by atoms with van der Waals surface area (Å²) >= 11 is 0. The number of hydrogen-bond acceptors (Lipinski definition) is 3. The monoisotopic (exact) mass is 318 g/mol. The van der Waals surface area contributed by atoms with Crippen molar-refractivity contribution in [3.8, 4) is 5.75 Å². The van der Waals surface area contributed by atoms with Gasteiger partial charge in [0.15, 0.2) is 0 Å². The topological polar surface area (TPSA) is 41.6 Å². The summed E-state index contributed by atoms with van der Waals surface area (Å²) in [7, 11) is 0. The van der Waals surface area contributed by atoms with Crippen molar-refractivity contribution in [1.82, 2.24) is 10.2 Å². The Labute approximate surface area is 140 Å². The van der Waals surface area contributed by atoms with Gasteiger partial charge in [-0.05, 0) is 51.3 Å². The van der Waals surface area contributed by atoms with Gasteiger partial charge in [-0.1, -0.05) is 24.6 Å². The van der Waals surface area contributed by atoms with E-state index >= 15 is 0 Å². The minimum absolute atomic E-state index is 0.133. The van der Waals surface area contributed by atoms with E-state index in [1.807, 2.05) is 30.3 Å². The van der Waals surface area contributed by atoms with Gasteiger partial charge >= 0.3 is 0 Å². The molecule has 0 saturated carbocycles. The Morgan fingerprint density at radius 1 is 1.26 bits per heavy atom. The molecule has 1 amide bonds. The second-order valence-corrected chi connectivity index (χ2v) is 6.35. The van der Waals surface area contributed by atoms with Crippen LogP contribution in [0.5, 0.6) is 5.75 Å². The molecular formula is C19H30N2O2. The summed E-state index contributed by atoms with van der Waals surface area (Å²) in [6.45, 7) is 5.99. The normalized spacial score (nSPS) is 18.6. The Kier molecular flexibility index (Phi) is 7.95. The number of nitrogens with one attached hydrogen (secondary N) is 1. The van der Waals surface area contributed by atoms with E-state index in [9.17, 15) is 4.79 Å². The molecule has 1 atom stereocenters. The minimum Gasteiger partial charge on any atom is -0.494 e. The highest BCUT2D eigenvalue weighted by Gasteiger charge is 2.17. The smallest absolute Gasteiger partial charge is 0.220 e. The van der Waals surface area contributed by atoms with Crippen LogP contribution in [0.25, 0.3) is 0 Å². The van der Waals surface area contributed by atoms with Crippen LogP contribution < -0.4 is 10.1 Å². The molecule has 0 radical (unpaired) electrons. The molecule has 0 spiro atoms. The number of ether oxygens (including phenoxy) is 1. The molecule has 1 fully saturated rings. The quantitative estimate of drug-likeness (QED) is 0.711.